The quantitative estimate of drug-likeness (QED) is 0.141. The van der Waals surface area contributed by atoms with Gasteiger partial charge in [0.25, 0.3) is 0 Å². The van der Waals surface area contributed by atoms with Crippen molar-refractivity contribution in [3.8, 4) is 0 Å². The van der Waals surface area contributed by atoms with E-state index in [0.717, 1.165) is 6.42 Å². The molecule has 0 aliphatic carbocycles. The van der Waals surface area contributed by atoms with Crippen molar-refractivity contribution in [3.63, 3.8) is 0 Å². The Kier molecular flexibility index (Phi) is 11.2. The first-order valence-corrected chi connectivity index (χ1v) is 16.4. The first-order chi connectivity index (χ1) is 19.3. The third-order valence-electron chi connectivity index (χ3n) is 10.2. The molecule has 0 saturated heterocycles. The van der Waals surface area contributed by atoms with Gasteiger partial charge in [-0.05, 0) is 161 Å². The summed E-state index contributed by atoms with van der Waals surface area (Å²) in [6.45, 7) is 35.8. The highest BCUT2D eigenvalue weighted by molar-refractivity contribution is 7.97. The van der Waals surface area contributed by atoms with Crippen LogP contribution in [0.3, 0.4) is 0 Å². The minimum atomic E-state index is -0.431. The van der Waals surface area contributed by atoms with E-state index in [1.165, 1.54) is 72.3 Å². The highest BCUT2D eigenvalue weighted by atomic mass is 32.2. The fourth-order valence-electron chi connectivity index (χ4n) is 6.24. The number of benzene rings is 3. The van der Waals surface area contributed by atoms with E-state index in [4.69, 9.17) is 5.73 Å². The predicted molar refractivity (Wildman–Crippen MR) is 187 cm³/mol. The van der Waals surface area contributed by atoms with Gasteiger partial charge in [0.1, 0.15) is 17.6 Å². The third-order valence-corrected chi connectivity index (χ3v) is 13.2. The first kappa shape index (κ1) is 36.6. The topological polar surface area (TPSA) is 52.3 Å². The lowest BCUT2D eigenvalue weighted by Crippen LogP contribution is -2.25. The standard InChI is InChI=1S/C32H41S.C6H13NO2.CH4/c1-15-18(4)24(10)30(25(11)19(15)5)33-31-26(12)20(6)16(2)22(8)28(31)14-29-23(9)17(3)21(7)27(13)32(29)33;1-6(2,3)5(8)9-4-7;/h14H2,1-13H3;4,7H2,1-3H3;1H4/q+1;;. The molecule has 3 aromatic carbocycles. The second-order valence-electron chi connectivity index (χ2n) is 13.4. The fraction of sp³-hybridized carbons (Fsp3) is 0.513. The maximum atomic E-state index is 10.8. The molecule has 0 fully saturated rings. The summed E-state index contributed by atoms with van der Waals surface area (Å²) in [5.41, 5.74) is 27.0. The largest absolute Gasteiger partial charge is 0.450 e. The zero-order valence-corrected chi connectivity index (χ0v) is 30.0. The molecule has 0 unspecified atom stereocenters. The summed E-state index contributed by atoms with van der Waals surface area (Å²) in [7, 11) is -0.0907. The van der Waals surface area contributed by atoms with Gasteiger partial charge in [-0.3, -0.25) is 10.5 Å². The minimum Gasteiger partial charge on any atom is -0.450 e. The molecule has 0 radical (unpaired) electrons. The van der Waals surface area contributed by atoms with E-state index < -0.39 is 5.41 Å². The SMILES string of the molecule is C.CC(C)(C)C(=O)OCN.Cc1c(C)c(C)c([S+]2c3c(C)c(C)c(C)c(C)c3Cc3c(C)c(C)c(C)c(C)c32)c(C)c1C. The molecule has 1 heterocycles. The Morgan fingerprint density at radius 3 is 1.12 bits per heavy atom. The summed E-state index contributed by atoms with van der Waals surface area (Å²) in [5, 5.41) is 0. The van der Waals surface area contributed by atoms with Crippen LogP contribution in [0, 0.1) is 95.4 Å². The molecule has 43 heavy (non-hydrogen) atoms. The van der Waals surface area contributed by atoms with Crippen molar-refractivity contribution in [2.75, 3.05) is 6.73 Å². The average Bonchev–Trinajstić information content (AvgIpc) is 2.94. The molecule has 2 N–H and O–H groups in total. The fourth-order valence-corrected chi connectivity index (χ4v) is 9.63. The van der Waals surface area contributed by atoms with Crippen LogP contribution in [0.4, 0.5) is 0 Å². The Hall–Kier alpha value is -2.56. The molecule has 0 atom stereocenters. The van der Waals surface area contributed by atoms with Crippen LogP contribution >= 0.6 is 0 Å². The van der Waals surface area contributed by atoms with Gasteiger partial charge in [-0.25, -0.2) is 0 Å². The normalized spacial score (nSPS) is 12.6. The van der Waals surface area contributed by atoms with Gasteiger partial charge in [0.05, 0.1) is 5.41 Å². The van der Waals surface area contributed by atoms with Crippen LogP contribution in [0.5, 0.6) is 0 Å². The molecule has 3 aromatic rings. The van der Waals surface area contributed by atoms with Crippen LogP contribution in [0.1, 0.15) is 112 Å². The average molecular weight is 605 g/mol. The van der Waals surface area contributed by atoms with Crippen molar-refractivity contribution in [1.29, 1.82) is 0 Å². The molecule has 3 nitrogen and oxygen atoms in total. The second kappa shape index (κ2) is 13.2. The van der Waals surface area contributed by atoms with Crippen molar-refractivity contribution >= 4 is 16.9 Å². The van der Waals surface area contributed by atoms with Crippen molar-refractivity contribution in [1.82, 2.24) is 0 Å². The molecular formula is C39H58NO2S+. The van der Waals surface area contributed by atoms with Gasteiger partial charge in [-0.15, -0.1) is 0 Å². The van der Waals surface area contributed by atoms with E-state index in [0.29, 0.717) is 0 Å². The van der Waals surface area contributed by atoms with E-state index in [-0.39, 0.29) is 31.0 Å². The molecule has 4 rings (SSSR count). The number of nitrogens with two attached hydrogens (primary N) is 1. The summed E-state index contributed by atoms with van der Waals surface area (Å²) in [5.74, 6) is -0.259. The molecule has 0 saturated carbocycles. The van der Waals surface area contributed by atoms with Crippen molar-refractivity contribution in [2.24, 2.45) is 11.1 Å². The van der Waals surface area contributed by atoms with Crippen molar-refractivity contribution in [2.45, 2.75) is 139 Å². The molecular weight excluding hydrogens is 547 g/mol. The van der Waals surface area contributed by atoms with Crippen LogP contribution < -0.4 is 5.73 Å². The number of ether oxygens (including phenoxy) is 1. The maximum absolute atomic E-state index is 10.8. The van der Waals surface area contributed by atoms with Gasteiger partial charge in [0.2, 0.25) is 0 Å². The second-order valence-corrected chi connectivity index (χ2v) is 15.2. The maximum Gasteiger partial charge on any atom is 0.312 e. The van der Waals surface area contributed by atoms with Crippen LogP contribution in [0.25, 0.3) is 0 Å². The van der Waals surface area contributed by atoms with Crippen molar-refractivity contribution < 1.29 is 9.53 Å². The van der Waals surface area contributed by atoms with E-state index in [9.17, 15) is 4.79 Å². The summed E-state index contributed by atoms with van der Waals surface area (Å²) in [4.78, 5) is 15.6. The third kappa shape index (κ3) is 6.20. The monoisotopic (exact) mass is 604 g/mol. The summed E-state index contributed by atoms with van der Waals surface area (Å²) < 4.78 is 4.55. The Labute approximate surface area is 266 Å². The molecule has 1 aliphatic rings. The minimum absolute atomic E-state index is 0. The lowest BCUT2D eigenvalue weighted by Gasteiger charge is -2.30. The summed E-state index contributed by atoms with van der Waals surface area (Å²) >= 11 is 0. The van der Waals surface area contributed by atoms with Gasteiger partial charge >= 0.3 is 5.97 Å². The molecule has 0 amide bonds. The molecule has 0 spiro atoms. The summed E-state index contributed by atoms with van der Waals surface area (Å²) in [6, 6.07) is 0. The molecule has 4 heteroatoms. The van der Waals surface area contributed by atoms with E-state index in [2.05, 4.69) is 94.7 Å². The predicted octanol–water partition coefficient (Wildman–Crippen LogP) is 9.82. The van der Waals surface area contributed by atoms with E-state index >= 15 is 0 Å². The first-order valence-electron chi connectivity index (χ1n) is 15.2. The molecule has 1 aliphatic heterocycles. The Balaban J connectivity index is 0.000000563. The number of hydrogen-bond acceptors (Lipinski definition) is 3. The highest BCUT2D eigenvalue weighted by Crippen LogP contribution is 2.50. The molecule has 0 aromatic heterocycles. The lowest BCUT2D eigenvalue weighted by molar-refractivity contribution is -0.152. The van der Waals surface area contributed by atoms with Gasteiger partial charge < -0.3 is 4.74 Å². The number of hydrogen-bond donors (Lipinski definition) is 1. The smallest absolute Gasteiger partial charge is 0.312 e. The Morgan fingerprint density at radius 1 is 0.558 bits per heavy atom. The van der Waals surface area contributed by atoms with Crippen LogP contribution in [-0.2, 0) is 26.8 Å². The lowest BCUT2D eigenvalue weighted by atomic mass is 9.86. The van der Waals surface area contributed by atoms with Gasteiger partial charge in [-0.2, -0.15) is 0 Å². The van der Waals surface area contributed by atoms with E-state index in [1.807, 2.05) is 0 Å². The zero-order chi connectivity index (χ0) is 32.2. The number of carbonyl (C=O) groups excluding carboxylic acids is 1. The van der Waals surface area contributed by atoms with Crippen molar-refractivity contribution in [3.05, 3.63) is 83.5 Å². The number of carbonyl (C=O) groups is 1. The van der Waals surface area contributed by atoms with Crippen LogP contribution in [-0.4, -0.2) is 12.7 Å². The Morgan fingerprint density at radius 2 is 0.837 bits per heavy atom. The summed E-state index contributed by atoms with van der Waals surface area (Å²) in [6.07, 6.45) is 1.07. The zero-order valence-electron chi connectivity index (χ0n) is 29.2. The van der Waals surface area contributed by atoms with Crippen LogP contribution in [0.2, 0.25) is 0 Å². The number of esters is 1. The van der Waals surface area contributed by atoms with Gasteiger partial charge in [0, 0.05) is 39.8 Å². The Bertz CT molecular complexity index is 1450. The van der Waals surface area contributed by atoms with E-state index in [1.54, 1.807) is 46.6 Å². The van der Waals surface area contributed by atoms with Gasteiger partial charge in [0.15, 0.2) is 14.7 Å². The molecule has 236 valence electrons. The number of rotatable bonds is 2. The van der Waals surface area contributed by atoms with Crippen LogP contribution in [0.15, 0.2) is 14.7 Å². The number of fused-ring (bicyclic) bond motifs is 2. The van der Waals surface area contributed by atoms with Gasteiger partial charge in [-0.1, -0.05) is 7.43 Å². The molecule has 0 bridgehead atoms. The highest BCUT2D eigenvalue weighted by Gasteiger charge is 2.45.